The van der Waals surface area contributed by atoms with Crippen LogP contribution in [-0.2, 0) is 6.42 Å². The molecule has 1 heterocycles. The first kappa shape index (κ1) is 14.6. The maximum Gasteiger partial charge on any atom is 0.337 e. The molecule has 1 atom stereocenters. The molecule has 20 heavy (non-hydrogen) atoms. The molecule has 1 aromatic carbocycles. The number of carboxylic acid groups (broad SMARTS) is 1. The Balaban J connectivity index is 2.92. The maximum absolute atomic E-state index is 11.6. The van der Waals surface area contributed by atoms with E-state index in [1.165, 1.54) is 0 Å². The highest BCUT2D eigenvalue weighted by Crippen LogP contribution is 2.32. The number of aliphatic hydroxyl groups is 1. The SMILES string of the molecule is CCc1cc(C(=O)O)c2c(c1)c(C(C)O)cn2C(C)C. The molecule has 0 radical (unpaired) electrons. The van der Waals surface area contributed by atoms with Crippen LogP contribution in [0.1, 0.15) is 61.3 Å². The number of aryl methyl sites for hydroxylation is 1. The van der Waals surface area contributed by atoms with Crippen molar-refractivity contribution in [3.05, 3.63) is 35.0 Å². The molecule has 4 nitrogen and oxygen atoms in total. The van der Waals surface area contributed by atoms with E-state index in [4.69, 9.17) is 0 Å². The molecule has 0 saturated heterocycles. The van der Waals surface area contributed by atoms with Crippen LogP contribution in [0.3, 0.4) is 0 Å². The van der Waals surface area contributed by atoms with Crippen molar-refractivity contribution in [2.45, 2.75) is 46.3 Å². The van der Waals surface area contributed by atoms with E-state index in [-0.39, 0.29) is 6.04 Å². The second kappa shape index (κ2) is 5.29. The lowest BCUT2D eigenvalue weighted by molar-refractivity contribution is 0.0698. The molecule has 0 aliphatic heterocycles. The highest BCUT2D eigenvalue weighted by Gasteiger charge is 2.20. The smallest absolute Gasteiger partial charge is 0.337 e. The lowest BCUT2D eigenvalue weighted by Gasteiger charge is -2.12. The van der Waals surface area contributed by atoms with Crippen molar-refractivity contribution >= 4 is 16.9 Å². The average molecular weight is 275 g/mol. The largest absolute Gasteiger partial charge is 0.478 e. The summed E-state index contributed by atoms with van der Waals surface area (Å²) in [6.07, 6.45) is 2.01. The zero-order valence-corrected chi connectivity index (χ0v) is 12.3. The molecular weight excluding hydrogens is 254 g/mol. The lowest BCUT2D eigenvalue weighted by Crippen LogP contribution is -2.05. The van der Waals surface area contributed by atoms with Gasteiger partial charge in [0.2, 0.25) is 0 Å². The molecule has 2 aromatic rings. The van der Waals surface area contributed by atoms with E-state index in [0.29, 0.717) is 11.1 Å². The van der Waals surface area contributed by atoms with Crippen LogP contribution in [-0.4, -0.2) is 20.7 Å². The van der Waals surface area contributed by atoms with Crippen LogP contribution in [0.4, 0.5) is 0 Å². The van der Waals surface area contributed by atoms with Gasteiger partial charge in [-0.05, 0) is 44.9 Å². The zero-order valence-electron chi connectivity index (χ0n) is 12.3. The van der Waals surface area contributed by atoms with E-state index in [2.05, 4.69) is 0 Å². The number of carbonyl (C=O) groups is 1. The Morgan fingerprint density at radius 3 is 2.40 bits per heavy atom. The van der Waals surface area contributed by atoms with Crippen molar-refractivity contribution in [3.8, 4) is 0 Å². The summed E-state index contributed by atoms with van der Waals surface area (Å²) >= 11 is 0. The average Bonchev–Trinajstić information content (AvgIpc) is 2.76. The summed E-state index contributed by atoms with van der Waals surface area (Å²) in [5.41, 5.74) is 2.75. The predicted octanol–water partition coefficient (Wildman–Crippen LogP) is 3.54. The monoisotopic (exact) mass is 275 g/mol. The van der Waals surface area contributed by atoms with E-state index in [0.717, 1.165) is 22.9 Å². The van der Waals surface area contributed by atoms with Crippen molar-refractivity contribution in [1.82, 2.24) is 4.57 Å². The van der Waals surface area contributed by atoms with Crippen molar-refractivity contribution in [1.29, 1.82) is 0 Å². The standard InChI is InChI=1S/C16H21NO3/c1-5-11-6-12-14(10(4)18)8-17(9(2)3)15(12)13(7-11)16(19)20/h6-10,18H,5H2,1-4H3,(H,19,20). The Morgan fingerprint density at radius 1 is 1.30 bits per heavy atom. The third-order valence-corrected chi connectivity index (χ3v) is 3.66. The van der Waals surface area contributed by atoms with Gasteiger partial charge in [-0.15, -0.1) is 0 Å². The van der Waals surface area contributed by atoms with Gasteiger partial charge < -0.3 is 14.8 Å². The molecule has 0 fully saturated rings. The fraction of sp³-hybridized carbons (Fsp3) is 0.438. The first-order chi connectivity index (χ1) is 9.36. The molecule has 0 aliphatic rings. The summed E-state index contributed by atoms with van der Waals surface area (Å²) in [6, 6.07) is 3.86. The van der Waals surface area contributed by atoms with Gasteiger partial charge in [-0.1, -0.05) is 6.92 Å². The quantitative estimate of drug-likeness (QED) is 0.897. The number of rotatable bonds is 4. The third kappa shape index (κ3) is 2.31. The van der Waals surface area contributed by atoms with Crippen LogP contribution in [0, 0.1) is 0 Å². The number of hydrogen-bond acceptors (Lipinski definition) is 2. The summed E-state index contributed by atoms with van der Waals surface area (Å²) in [5.74, 6) is -0.928. The van der Waals surface area contributed by atoms with E-state index < -0.39 is 12.1 Å². The number of hydrogen-bond donors (Lipinski definition) is 2. The van der Waals surface area contributed by atoms with Crippen LogP contribution in [0.25, 0.3) is 10.9 Å². The van der Waals surface area contributed by atoms with E-state index in [1.807, 2.05) is 37.6 Å². The van der Waals surface area contributed by atoms with Gasteiger partial charge in [-0.3, -0.25) is 0 Å². The van der Waals surface area contributed by atoms with Crippen LogP contribution in [0.2, 0.25) is 0 Å². The summed E-state index contributed by atoms with van der Waals surface area (Å²) < 4.78 is 1.93. The molecule has 0 saturated carbocycles. The molecule has 0 amide bonds. The third-order valence-electron chi connectivity index (χ3n) is 3.66. The number of benzene rings is 1. The second-order valence-corrected chi connectivity index (χ2v) is 5.46. The lowest BCUT2D eigenvalue weighted by atomic mass is 10.0. The fourth-order valence-corrected chi connectivity index (χ4v) is 2.58. The van der Waals surface area contributed by atoms with Gasteiger partial charge in [0.1, 0.15) is 0 Å². The van der Waals surface area contributed by atoms with E-state index in [1.54, 1.807) is 13.0 Å². The van der Waals surface area contributed by atoms with Crippen molar-refractivity contribution in [3.63, 3.8) is 0 Å². The summed E-state index contributed by atoms with van der Waals surface area (Å²) in [5, 5.41) is 20.3. The van der Waals surface area contributed by atoms with Gasteiger partial charge in [0.15, 0.2) is 0 Å². The van der Waals surface area contributed by atoms with Crippen LogP contribution < -0.4 is 0 Å². The van der Waals surface area contributed by atoms with Crippen molar-refractivity contribution in [2.24, 2.45) is 0 Å². The Hall–Kier alpha value is -1.81. The van der Waals surface area contributed by atoms with E-state index >= 15 is 0 Å². The number of aromatic nitrogens is 1. The Labute approximate surface area is 118 Å². The topological polar surface area (TPSA) is 62.5 Å². The first-order valence-corrected chi connectivity index (χ1v) is 6.95. The fourth-order valence-electron chi connectivity index (χ4n) is 2.58. The van der Waals surface area contributed by atoms with Gasteiger partial charge in [-0.2, -0.15) is 0 Å². The Morgan fingerprint density at radius 2 is 1.95 bits per heavy atom. The number of fused-ring (bicyclic) bond motifs is 1. The van der Waals surface area contributed by atoms with Gasteiger partial charge in [0, 0.05) is 23.2 Å². The number of carboxylic acids is 1. The molecule has 2 N–H and O–H groups in total. The highest BCUT2D eigenvalue weighted by atomic mass is 16.4. The molecule has 0 aliphatic carbocycles. The van der Waals surface area contributed by atoms with Crippen molar-refractivity contribution in [2.75, 3.05) is 0 Å². The van der Waals surface area contributed by atoms with E-state index in [9.17, 15) is 15.0 Å². The highest BCUT2D eigenvalue weighted by molar-refractivity contribution is 6.04. The molecule has 4 heteroatoms. The van der Waals surface area contributed by atoms with Gasteiger partial charge in [-0.25, -0.2) is 4.79 Å². The number of nitrogens with zero attached hydrogens (tertiary/aromatic N) is 1. The first-order valence-electron chi connectivity index (χ1n) is 6.95. The van der Waals surface area contributed by atoms with Crippen LogP contribution >= 0.6 is 0 Å². The Kier molecular flexibility index (Phi) is 3.86. The predicted molar refractivity (Wildman–Crippen MR) is 79.3 cm³/mol. The van der Waals surface area contributed by atoms with Crippen LogP contribution in [0.5, 0.6) is 0 Å². The minimum atomic E-state index is -0.928. The number of aromatic carboxylic acids is 1. The summed E-state index contributed by atoms with van der Waals surface area (Å²) in [6.45, 7) is 7.71. The molecule has 2 rings (SSSR count). The molecule has 0 spiro atoms. The molecule has 1 unspecified atom stereocenters. The molecule has 1 aromatic heterocycles. The minimum absolute atomic E-state index is 0.135. The summed E-state index contributed by atoms with van der Waals surface area (Å²) in [4.78, 5) is 11.6. The normalized spacial score (nSPS) is 13.1. The van der Waals surface area contributed by atoms with Gasteiger partial charge in [0.25, 0.3) is 0 Å². The van der Waals surface area contributed by atoms with Crippen LogP contribution in [0.15, 0.2) is 18.3 Å². The number of aliphatic hydroxyl groups excluding tert-OH is 1. The summed E-state index contributed by atoms with van der Waals surface area (Å²) in [7, 11) is 0. The van der Waals surface area contributed by atoms with Gasteiger partial charge in [0.05, 0.1) is 17.2 Å². The maximum atomic E-state index is 11.6. The molecule has 108 valence electrons. The molecule has 0 bridgehead atoms. The van der Waals surface area contributed by atoms with Crippen molar-refractivity contribution < 1.29 is 15.0 Å². The Bertz CT molecular complexity index is 653. The second-order valence-electron chi connectivity index (χ2n) is 5.46. The minimum Gasteiger partial charge on any atom is -0.478 e. The van der Waals surface area contributed by atoms with Gasteiger partial charge >= 0.3 is 5.97 Å². The zero-order chi connectivity index (χ0) is 15.0. The molecular formula is C16H21NO3.